The van der Waals surface area contributed by atoms with Crippen molar-refractivity contribution in [3.8, 4) is 0 Å². The van der Waals surface area contributed by atoms with Gasteiger partial charge in [-0.25, -0.2) is 0 Å². The first-order chi connectivity index (χ1) is 6.27. The fourth-order valence-corrected chi connectivity index (χ4v) is 1.62. The Morgan fingerprint density at radius 3 is 1.79 bits per heavy atom. The van der Waals surface area contributed by atoms with Crippen LogP contribution < -0.4 is 5.73 Å². The van der Waals surface area contributed by atoms with Crippen LogP contribution >= 0.6 is 0 Å². The molecule has 0 aromatic carbocycles. The highest BCUT2D eigenvalue weighted by Crippen LogP contribution is 2.37. The lowest BCUT2D eigenvalue weighted by atomic mass is 9.71. The Morgan fingerprint density at radius 2 is 1.50 bits per heavy atom. The van der Waals surface area contributed by atoms with Gasteiger partial charge < -0.3 is 5.73 Å². The third-order valence-corrected chi connectivity index (χ3v) is 4.28. The van der Waals surface area contributed by atoms with E-state index in [2.05, 4.69) is 41.5 Å². The lowest BCUT2D eigenvalue weighted by Gasteiger charge is -2.36. The summed E-state index contributed by atoms with van der Waals surface area (Å²) in [5.74, 6) is 0.750. The van der Waals surface area contributed by atoms with Crippen LogP contribution in [0, 0.1) is 11.3 Å². The quantitative estimate of drug-likeness (QED) is 0.688. The summed E-state index contributed by atoms with van der Waals surface area (Å²) in [7, 11) is 0. The predicted octanol–water partition coefficient (Wildman–Crippen LogP) is 3.97. The molecule has 0 saturated heterocycles. The van der Waals surface area contributed by atoms with Crippen LogP contribution in [-0.4, -0.2) is 5.54 Å². The second-order valence-corrected chi connectivity index (χ2v) is 5.67. The Balaban J connectivity index is 4.21. The Labute approximate surface area is 90.5 Å². The van der Waals surface area contributed by atoms with Gasteiger partial charge in [0.1, 0.15) is 0 Å². The maximum atomic E-state index is 6.18. The van der Waals surface area contributed by atoms with Gasteiger partial charge in [0.15, 0.2) is 0 Å². The first-order valence-corrected chi connectivity index (χ1v) is 6.06. The Bertz CT molecular complexity index is 161. The molecular formula is C13H29N. The fourth-order valence-electron chi connectivity index (χ4n) is 1.62. The molecule has 0 aliphatic carbocycles. The number of hydrogen-bond donors (Lipinski definition) is 1. The van der Waals surface area contributed by atoms with Gasteiger partial charge in [-0.15, -0.1) is 0 Å². The molecule has 0 radical (unpaired) electrons. The first kappa shape index (κ1) is 14.0. The molecule has 14 heavy (non-hydrogen) atoms. The summed E-state index contributed by atoms with van der Waals surface area (Å²) in [6.45, 7) is 13.7. The van der Waals surface area contributed by atoms with E-state index in [1.54, 1.807) is 0 Å². The number of nitrogens with two attached hydrogens (primary N) is 1. The smallest absolute Gasteiger partial charge is 0.0123 e. The maximum Gasteiger partial charge on any atom is 0.0123 e. The summed E-state index contributed by atoms with van der Waals surface area (Å²) >= 11 is 0. The van der Waals surface area contributed by atoms with Crippen molar-refractivity contribution < 1.29 is 0 Å². The Hall–Kier alpha value is -0.0400. The van der Waals surface area contributed by atoms with Crippen LogP contribution in [-0.2, 0) is 0 Å². The molecule has 0 aliphatic heterocycles. The molecule has 0 heterocycles. The molecule has 1 heteroatoms. The van der Waals surface area contributed by atoms with Crippen molar-refractivity contribution in [3.05, 3.63) is 0 Å². The van der Waals surface area contributed by atoms with E-state index in [9.17, 15) is 0 Å². The minimum Gasteiger partial charge on any atom is -0.325 e. The highest BCUT2D eigenvalue weighted by Gasteiger charge is 2.28. The van der Waals surface area contributed by atoms with Crippen molar-refractivity contribution in [2.45, 2.75) is 72.8 Å². The third kappa shape index (κ3) is 4.00. The molecule has 0 bridgehead atoms. The molecule has 1 nitrogen and oxygen atoms in total. The van der Waals surface area contributed by atoms with E-state index in [0.29, 0.717) is 5.41 Å². The van der Waals surface area contributed by atoms with Crippen molar-refractivity contribution >= 4 is 0 Å². The van der Waals surface area contributed by atoms with Crippen LogP contribution in [0.25, 0.3) is 0 Å². The van der Waals surface area contributed by atoms with E-state index < -0.39 is 0 Å². The summed E-state index contributed by atoms with van der Waals surface area (Å²) in [4.78, 5) is 0. The van der Waals surface area contributed by atoms with E-state index >= 15 is 0 Å². The molecule has 0 aliphatic rings. The van der Waals surface area contributed by atoms with Gasteiger partial charge in [-0.3, -0.25) is 0 Å². The maximum absolute atomic E-state index is 6.18. The highest BCUT2D eigenvalue weighted by atomic mass is 14.7. The van der Waals surface area contributed by atoms with E-state index in [1.807, 2.05) is 0 Å². The van der Waals surface area contributed by atoms with Gasteiger partial charge in [-0.2, -0.15) is 0 Å². The zero-order valence-electron chi connectivity index (χ0n) is 11.0. The zero-order valence-corrected chi connectivity index (χ0v) is 11.0. The average Bonchev–Trinajstić information content (AvgIpc) is 2.14. The summed E-state index contributed by atoms with van der Waals surface area (Å²) in [5, 5.41) is 0. The molecule has 0 aromatic heterocycles. The van der Waals surface area contributed by atoms with E-state index in [0.717, 1.165) is 18.8 Å². The molecule has 0 aromatic rings. The first-order valence-electron chi connectivity index (χ1n) is 6.06. The molecule has 0 amide bonds. The minimum absolute atomic E-state index is 0.0331. The molecule has 0 fully saturated rings. The van der Waals surface area contributed by atoms with Gasteiger partial charge in [-0.05, 0) is 37.5 Å². The highest BCUT2D eigenvalue weighted by molar-refractivity contribution is 4.83. The molecule has 86 valence electrons. The number of hydrogen-bond acceptors (Lipinski definition) is 1. The van der Waals surface area contributed by atoms with Crippen LogP contribution in [0.4, 0.5) is 0 Å². The van der Waals surface area contributed by atoms with E-state index in [-0.39, 0.29) is 5.54 Å². The van der Waals surface area contributed by atoms with E-state index in [1.165, 1.54) is 12.8 Å². The molecule has 0 saturated carbocycles. The summed E-state index contributed by atoms with van der Waals surface area (Å²) in [6, 6.07) is 0. The van der Waals surface area contributed by atoms with Crippen molar-refractivity contribution in [1.82, 2.24) is 0 Å². The second-order valence-electron chi connectivity index (χ2n) is 5.67. The molecule has 2 unspecified atom stereocenters. The molecule has 2 N–H and O–H groups in total. The topological polar surface area (TPSA) is 26.0 Å². The van der Waals surface area contributed by atoms with Crippen molar-refractivity contribution in [2.75, 3.05) is 0 Å². The molecule has 0 spiro atoms. The standard InChI is InChI=1S/C13H29N/c1-7-12(5,11(3)4)9-10-13(6,14)8-2/h11H,7-10,14H2,1-6H3. The summed E-state index contributed by atoms with van der Waals surface area (Å²) < 4.78 is 0. The van der Waals surface area contributed by atoms with Crippen molar-refractivity contribution in [1.29, 1.82) is 0 Å². The zero-order chi connectivity index (χ0) is 11.4. The normalized spacial score (nSPS) is 20.6. The predicted molar refractivity (Wildman–Crippen MR) is 65.4 cm³/mol. The lowest BCUT2D eigenvalue weighted by molar-refractivity contribution is 0.168. The van der Waals surface area contributed by atoms with Gasteiger partial charge in [0.05, 0.1) is 0 Å². The largest absolute Gasteiger partial charge is 0.325 e. The summed E-state index contributed by atoms with van der Waals surface area (Å²) in [6.07, 6.45) is 4.73. The molecule has 2 atom stereocenters. The lowest BCUT2D eigenvalue weighted by Crippen LogP contribution is -2.37. The van der Waals surface area contributed by atoms with Gasteiger partial charge in [0.2, 0.25) is 0 Å². The Morgan fingerprint density at radius 1 is 1.00 bits per heavy atom. The van der Waals surface area contributed by atoms with Gasteiger partial charge in [0, 0.05) is 5.54 Å². The van der Waals surface area contributed by atoms with Crippen molar-refractivity contribution in [3.63, 3.8) is 0 Å². The average molecular weight is 199 g/mol. The molecule has 0 rings (SSSR count). The van der Waals surface area contributed by atoms with Crippen LogP contribution in [0.2, 0.25) is 0 Å². The van der Waals surface area contributed by atoms with Gasteiger partial charge in [0.25, 0.3) is 0 Å². The SMILES string of the molecule is CCC(C)(N)CCC(C)(CC)C(C)C. The molecular weight excluding hydrogens is 170 g/mol. The van der Waals surface area contributed by atoms with Gasteiger partial charge >= 0.3 is 0 Å². The van der Waals surface area contributed by atoms with Gasteiger partial charge in [-0.1, -0.05) is 41.0 Å². The monoisotopic (exact) mass is 199 g/mol. The van der Waals surface area contributed by atoms with Crippen molar-refractivity contribution in [2.24, 2.45) is 17.1 Å². The van der Waals surface area contributed by atoms with E-state index in [4.69, 9.17) is 5.73 Å². The third-order valence-electron chi connectivity index (χ3n) is 4.28. The van der Waals surface area contributed by atoms with Crippen LogP contribution in [0.5, 0.6) is 0 Å². The fraction of sp³-hybridized carbons (Fsp3) is 1.00. The number of rotatable bonds is 6. The second kappa shape index (κ2) is 5.16. The Kier molecular flexibility index (Phi) is 5.14. The van der Waals surface area contributed by atoms with Crippen LogP contribution in [0.3, 0.4) is 0 Å². The summed E-state index contributed by atoms with van der Waals surface area (Å²) in [5.41, 5.74) is 6.68. The minimum atomic E-state index is 0.0331. The van der Waals surface area contributed by atoms with Crippen LogP contribution in [0.1, 0.15) is 67.2 Å². The van der Waals surface area contributed by atoms with Crippen LogP contribution in [0.15, 0.2) is 0 Å².